The lowest BCUT2D eigenvalue weighted by atomic mass is 10.2. The monoisotopic (exact) mass is 224 g/mol. The summed E-state index contributed by atoms with van der Waals surface area (Å²) in [6.07, 6.45) is 0.0945. The molecular weight excluding hydrogens is 214 g/mol. The van der Waals surface area contributed by atoms with Crippen LogP contribution in [0.2, 0.25) is 5.02 Å². The average molecular weight is 225 g/mol. The Labute approximate surface area is 93.9 Å². The van der Waals surface area contributed by atoms with Crippen LogP contribution < -0.4 is 4.74 Å². The number of benzene rings is 1. The number of aromatic nitrogens is 3. The standard InChI is InChI=1S/C10H10ClN3O/c1-14-6-12-10(13-14)8-5-7(11)3-4-9(8)15-2/h3-6H,1-2H3/i6D. The van der Waals surface area contributed by atoms with Crippen LogP contribution >= 0.6 is 11.6 Å². The average Bonchev–Trinajstić information content (AvgIpc) is 2.59. The molecule has 0 aliphatic rings. The summed E-state index contributed by atoms with van der Waals surface area (Å²) in [5.41, 5.74) is 0.684. The lowest BCUT2D eigenvalue weighted by molar-refractivity contribution is 0.416. The summed E-state index contributed by atoms with van der Waals surface area (Å²) in [7, 11) is 3.23. The molecule has 15 heavy (non-hydrogen) atoms. The molecule has 0 radical (unpaired) electrons. The van der Waals surface area contributed by atoms with Crippen LogP contribution in [0.15, 0.2) is 24.5 Å². The van der Waals surface area contributed by atoms with Gasteiger partial charge >= 0.3 is 0 Å². The quantitative estimate of drug-likeness (QED) is 0.785. The van der Waals surface area contributed by atoms with E-state index in [4.69, 9.17) is 17.7 Å². The summed E-state index contributed by atoms with van der Waals surface area (Å²) in [6.45, 7) is 0. The lowest BCUT2D eigenvalue weighted by Crippen LogP contribution is -1.91. The maximum absolute atomic E-state index is 7.49. The highest BCUT2D eigenvalue weighted by molar-refractivity contribution is 6.30. The molecular formula is C10H10ClN3O. The number of hydrogen-bond donors (Lipinski definition) is 0. The Morgan fingerprint density at radius 1 is 1.53 bits per heavy atom. The van der Waals surface area contributed by atoms with Gasteiger partial charge in [-0.15, -0.1) is 0 Å². The number of hydrogen-bond acceptors (Lipinski definition) is 3. The Kier molecular flexibility index (Phi) is 2.27. The van der Waals surface area contributed by atoms with Gasteiger partial charge in [-0.05, 0) is 18.2 Å². The van der Waals surface area contributed by atoms with Crippen molar-refractivity contribution < 1.29 is 6.11 Å². The fourth-order valence-electron chi connectivity index (χ4n) is 1.28. The molecule has 0 aliphatic carbocycles. The van der Waals surface area contributed by atoms with Crippen molar-refractivity contribution in [3.63, 3.8) is 0 Å². The Bertz CT molecular complexity index is 507. The van der Waals surface area contributed by atoms with Crippen LogP contribution in [-0.2, 0) is 7.05 Å². The van der Waals surface area contributed by atoms with Crippen molar-refractivity contribution in [2.75, 3.05) is 7.11 Å². The van der Waals surface area contributed by atoms with Gasteiger partial charge < -0.3 is 4.74 Å². The topological polar surface area (TPSA) is 39.9 Å². The maximum atomic E-state index is 7.49. The highest BCUT2D eigenvalue weighted by Crippen LogP contribution is 2.29. The van der Waals surface area contributed by atoms with E-state index >= 15 is 0 Å². The summed E-state index contributed by atoms with van der Waals surface area (Å²) in [4.78, 5) is 4.01. The molecule has 0 saturated heterocycles. The second-order valence-electron chi connectivity index (χ2n) is 3.00. The van der Waals surface area contributed by atoms with Crippen molar-refractivity contribution in [1.29, 1.82) is 0 Å². The van der Waals surface area contributed by atoms with Crippen molar-refractivity contribution in [3.8, 4) is 17.1 Å². The zero-order chi connectivity index (χ0) is 11.7. The highest BCUT2D eigenvalue weighted by Gasteiger charge is 2.10. The molecule has 1 heterocycles. The second kappa shape index (κ2) is 3.90. The van der Waals surface area contributed by atoms with E-state index in [0.29, 0.717) is 22.2 Å². The van der Waals surface area contributed by atoms with E-state index in [0.717, 1.165) is 0 Å². The molecule has 2 aromatic rings. The number of ether oxygens (including phenoxy) is 1. The zero-order valence-electron chi connectivity index (χ0n) is 9.36. The minimum Gasteiger partial charge on any atom is -0.496 e. The third kappa shape index (κ3) is 1.94. The van der Waals surface area contributed by atoms with Crippen molar-refractivity contribution in [2.24, 2.45) is 7.05 Å². The zero-order valence-corrected chi connectivity index (χ0v) is 9.12. The van der Waals surface area contributed by atoms with Gasteiger partial charge in [0.25, 0.3) is 0 Å². The summed E-state index contributed by atoms with van der Waals surface area (Å²) in [5.74, 6) is 1.07. The minimum absolute atomic E-state index is 0.0945. The molecule has 0 bridgehead atoms. The van der Waals surface area contributed by atoms with E-state index < -0.39 is 0 Å². The van der Waals surface area contributed by atoms with E-state index in [1.165, 1.54) is 4.68 Å². The van der Waals surface area contributed by atoms with Crippen LogP contribution in [0.4, 0.5) is 0 Å². The van der Waals surface area contributed by atoms with Crippen molar-refractivity contribution >= 4 is 11.6 Å². The molecule has 5 heteroatoms. The van der Waals surface area contributed by atoms with Gasteiger partial charge in [0, 0.05) is 12.1 Å². The third-order valence-corrected chi connectivity index (χ3v) is 2.18. The van der Waals surface area contributed by atoms with Crippen molar-refractivity contribution in [2.45, 2.75) is 0 Å². The Balaban J connectivity index is 2.57. The summed E-state index contributed by atoms with van der Waals surface area (Å²) >= 11 is 5.91. The third-order valence-electron chi connectivity index (χ3n) is 1.95. The van der Waals surface area contributed by atoms with Gasteiger partial charge in [-0.3, -0.25) is 4.68 Å². The van der Waals surface area contributed by atoms with E-state index in [9.17, 15) is 0 Å². The SMILES string of the molecule is [2H]c1nc(-c2cc(Cl)ccc2OC)nn1C. The van der Waals surface area contributed by atoms with E-state index in [1.807, 2.05) is 0 Å². The fraction of sp³-hybridized carbons (Fsp3) is 0.200. The van der Waals surface area contributed by atoms with E-state index in [-0.39, 0.29) is 6.30 Å². The van der Waals surface area contributed by atoms with Crippen LogP contribution in [0.3, 0.4) is 0 Å². The van der Waals surface area contributed by atoms with E-state index in [2.05, 4.69) is 10.1 Å². The summed E-state index contributed by atoms with van der Waals surface area (Å²) in [5, 5.41) is 4.69. The molecule has 0 N–H and O–H groups in total. The Morgan fingerprint density at radius 3 is 2.93 bits per heavy atom. The van der Waals surface area contributed by atoms with Gasteiger partial charge in [0.05, 0.1) is 12.7 Å². The van der Waals surface area contributed by atoms with Crippen LogP contribution in [-0.4, -0.2) is 21.9 Å². The van der Waals surface area contributed by atoms with Crippen molar-refractivity contribution in [1.82, 2.24) is 14.8 Å². The van der Waals surface area contributed by atoms with Gasteiger partial charge in [-0.1, -0.05) is 11.6 Å². The van der Waals surface area contributed by atoms with Crippen LogP contribution in [0.25, 0.3) is 11.4 Å². The van der Waals surface area contributed by atoms with E-state index in [1.54, 1.807) is 32.4 Å². The molecule has 1 aromatic carbocycles. The first-order valence-corrected chi connectivity index (χ1v) is 4.71. The predicted molar refractivity (Wildman–Crippen MR) is 58.0 cm³/mol. The number of nitrogens with zero attached hydrogens (tertiary/aromatic N) is 3. The van der Waals surface area contributed by atoms with Crippen LogP contribution in [0, 0.1) is 0 Å². The normalized spacial score (nSPS) is 11.3. The molecule has 0 atom stereocenters. The Morgan fingerprint density at radius 2 is 2.33 bits per heavy atom. The second-order valence-corrected chi connectivity index (χ2v) is 3.44. The molecule has 4 nitrogen and oxygen atoms in total. The minimum atomic E-state index is 0.0945. The van der Waals surface area contributed by atoms with Gasteiger partial charge in [-0.2, -0.15) is 5.10 Å². The molecule has 78 valence electrons. The first kappa shape index (κ1) is 8.73. The first-order valence-electron chi connectivity index (χ1n) is 4.83. The van der Waals surface area contributed by atoms with Gasteiger partial charge in [0.1, 0.15) is 13.4 Å². The maximum Gasteiger partial charge on any atom is 0.184 e. The number of halogens is 1. The van der Waals surface area contributed by atoms with Gasteiger partial charge in [0.15, 0.2) is 5.82 Å². The largest absolute Gasteiger partial charge is 0.496 e. The predicted octanol–water partition coefficient (Wildman–Crippen LogP) is 2.14. The smallest absolute Gasteiger partial charge is 0.184 e. The van der Waals surface area contributed by atoms with Gasteiger partial charge in [-0.25, -0.2) is 4.98 Å². The highest BCUT2D eigenvalue weighted by atomic mass is 35.5. The molecule has 2 rings (SSSR count). The number of rotatable bonds is 2. The lowest BCUT2D eigenvalue weighted by Gasteiger charge is -2.05. The summed E-state index contributed by atoms with van der Waals surface area (Å²) in [6, 6.07) is 5.20. The Hall–Kier alpha value is -1.55. The molecule has 0 aliphatic heterocycles. The molecule has 1 aromatic heterocycles. The molecule has 0 fully saturated rings. The molecule has 0 amide bonds. The number of aryl methyl sites for hydroxylation is 1. The van der Waals surface area contributed by atoms with Crippen LogP contribution in [0.1, 0.15) is 1.37 Å². The van der Waals surface area contributed by atoms with Crippen LogP contribution in [0.5, 0.6) is 5.75 Å². The van der Waals surface area contributed by atoms with Crippen molar-refractivity contribution in [3.05, 3.63) is 29.5 Å². The first-order chi connectivity index (χ1) is 7.61. The molecule has 0 saturated carbocycles. The summed E-state index contributed by atoms with van der Waals surface area (Å²) < 4.78 is 14.1. The van der Waals surface area contributed by atoms with Gasteiger partial charge in [0.2, 0.25) is 0 Å². The number of methoxy groups -OCH3 is 1. The molecule has 0 unspecified atom stereocenters. The molecule has 0 spiro atoms. The fourth-order valence-corrected chi connectivity index (χ4v) is 1.45.